The number of likely N-dealkylation sites (N-methyl/N-ethyl adjacent to an activating group) is 1. The summed E-state index contributed by atoms with van der Waals surface area (Å²) >= 11 is 0. The van der Waals surface area contributed by atoms with Crippen molar-refractivity contribution in [1.29, 1.82) is 0 Å². The molecule has 0 bridgehead atoms. The number of hydrogen-bond donors (Lipinski definition) is 1. The van der Waals surface area contributed by atoms with Crippen molar-refractivity contribution in [2.24, 2.45) is 11.8 Å². The van der Waals surface area contributed by atoms with Crippen LogP contribution in [0.5, 0.6) is 5.75 Å². The number of rotatable bonds is 1. The summed E-state index contributed by atoms with van der Waals surface area (Å²) in [6.45, 7) is 5.98. The van der Waals surface area contributed by atoms with Gasteiger partial charge < -0.3 is 19.9 Å². The third kappa shape index (κ3) is 3.32. The highest BCUT2D eigenvalue weighted by molar-refractivity contribution is 6.04. The van der Waals surface area contributed by atoms with E-state index in [9.17, 15) is 9.59 Å². The SMILES string of the molecule is C[C@@H]1CCN(C(=O)Nc2cccc3c2N(C)C(=O)CO3)C[C@H](C)C1. The van der Waals surface area contributed by atoms with Crippen LogP contribution in [0.3, 0.4) is 0 Å². The minimum atomic E-state index is -0.124. The van der Waals surface area contributed by atoms with Crippen LogP contribution in [0.4, 0.5) is 16.2 Å². The summed E-state index contributed by atoms with van der Waals surface area (Å²) in [5, 5.41) is 2.97. The van der Waals surface area contributed by atoms with E-state index in [0.717, 1.165) is 25.9 Å². The molecular formula is C18H25N3O3. The fourth-order valence-corrected chi connectivity index (χ4v) is 3.55. The first-order valence-corrected chi connectivity index (χ1v) is 8.54. The number of carbonyl (C=O) groups excluding carboxylic acids is 2. The summed E-state index contributed by atoms with van der Waals surface area (Å²) in [7, 11) is 1.70. The number of nitrogens with one attached hydrogen (secondary N) is 1. The van der Waals surface area contributed by atoms with Crippen molar-refractivity contribution in [2.75, 3.05) is 37.0 Å². The van der Waals surface area contributed by atoms with Crippen molar-refractivity contribution in [3.05, 3.63) is 18.2 Å². The maximum atomic E-state index is 12.7. The summed E-state index contributed by atoms with van der Waals surface area (Å²) < 4.78 is 5.47. The molecule has 1 aromatic rings. The molecule has 2 heterocycles. The Morgan fingerprint density at radius 3 is 2.88 bits per heavy atom. The number of para-hydroxylation sites is 1. The van der Waals surface area contributed by atoms with Gasteiger partial charge in [0.1, 0.15) is 11.4 Å². The molecule has 1 aromatic carbocycles. The lowest BCUT2D eigenvalue weighted by Gasteiger charge is -2.29. The van der Waals surface area contributed by atoms with E-state index >= 15 is 0 Å². The van der Waals surface area contributed by atoms with Gasteiger partial charge in [-0.2, -0.15) is 0 Å². The highest BCUT2D eigenvalue weighted by atomic mass is 16.5. The molecular weight excluding hydrogens is 306 g/mol. The minimum absolute atomic E-state index is 0.0302. The molecule has 0 saturated carbocycles. The quantitative estimate of drug-likeness (QED) is 0.860. The predicted molar refractivity (Wildman–Crippen MR) is 93.5 cm³/mol. The molecule has 6 heteroatoms. The van der Waals surface area contributed by atoms with Crippen molar-refractivity contribution in [3.8, 4) is 5.75 Å². The van der Waals surface area contributed by atoms with Crippen LogP contribution < -0.4 is 15.0 Å². The average molecular weight is 331 g/mol. The number of ether oxygens (including phenoxy) is 1. The van der Waals surface area contributed by atoms with Gasteiger partial charge >= 0.3 is 6.03 Å². The van der Waals surface area contributed by atoms with Crippen molar-refractivity contribution in [3.63, 3.8) is 0 Å². The molecule has 130 valence electrons. The Labute approximate surface area is 142 Å². The van der Waals surface area contributed by atoms with Gasteiger partial charge in [-0.25, -0.2) is 4.79 Å². The van der Waals surface area contributed by atoms with Gasteiger partial charge in [-0.05, 0) is 36.8 Å². The summed E-state index contributed by atoms with van der Waals surface area (Å²) in [6.07, 6.45) is 2.17. The summed E-state index contributed by atoms with van der Waals surface area (Å²) in [5.74, 6) is 1.62. The smallest absolute Gasteiger partial charge is 0.321 e. The lowest BCUT2D eigenvalue weighted by atomic mass is 9.97. The van der Waals surface area contributed by atoms with Gasteiger partial charge in [-0.1, -0.05) is 19.9 Å². The highest BCUT2D eigenvalue weighted by Crippen LogP contribution is 2.38. The van der Waals surface area contributed by atoms with Gasteiger partial charge in [0, 0.05) is 20.1 Å². The fraction of sp³-hybridized carbons (Fsp3) is 0.556. The second kappa shape index (κ2) is 6.71. The van der Waals surface area contributed by atoms with Crippen molar-refractivity contribution >= 4 is 23.3 Å². The van der Waals surface area contributed by atoms with Crippen molar-refractivity contribution in [1.82, 2.24) is 4.90 Å². The number of hydrogen-bond acceptors (Lipinski definition) is 3. The molecule has 6 nitrogen and oxygen atoms in total. The highest BCUT2D eigenvalue weighted by Gasteiger charge is 2.27. The Bertz CT molecular complexity index is 646. The zero-order valence-electron chi connectivity index (χ0n) is 14.5. The second-order valence-electron chi connectivity index (χ2n) is 7.00. The first kappa shape index (κ1) is 16.6. The summed E-state index contributed by atoms with van der Waals surface area (Å²) in [4.78, 5) is 28.0. The van der Waals surface area contributed by atoms with Crippen LogP contribution >= 0.6 is 0 Å². The van der Waals surface area contributed by atoms with Gasteiger partial charge in [0.05, 0.1) is 5.69 Å². The van der Waals surface area contributed by atoms with Crippen LogP contribution in [0.1, 0.15) is 26.7 Å². The number of anilines is 2. The van der Waals surface area contributed by atoms with Crippen LogP contribution in [0.15, 0.2) is 18.2 Å². The number of carbonyl (C=O) groups is 2. The van der Waals surface area contributed by atoms with Crippen molar-refractivity contribution in [2.45, 2.75) is 26.7 Å². The number of urea groups is 1. The van der Waals surface area contributed by atoms with Gasteiger partial charge in [-0.15, -0.1) is 0 Å². The molecule has 1 saturated heterocycles. The van der Waals surface area contributed by atoms with Crippen LogP contribution in [0, 0.1) is 11.8 Å². The van der Waals surface area contributed by atoms with Gasteiger partial charge in [-0.3, -0.25) is 4.79 Å². The van der Waals surface area contributed by atoms with Crippen LogP contribution in [-0.2, 0) is 4.79 Å². The van der Waals surface area contributed by atoms with Crippen LogP contribution in [0.2, 0.25) is 0 Å². The normalized spacial score (nSPS) is 24.0. The van der Waals surface area contributed by atoms with E-state index in [-0.39, 0.29) is 18.5 Å². The van der Waals surface area contributed by atoms with Gasteiger partial charge in [0.2, 0.25) is 0 Å². The van der Waals surface area contributed by atoms with E-state index in [0.29, 0.717) is 29.0 Å². The molecule has 1 fully saturated rings. The standard InChI is InChI=1S/C18H25N3O3/c1-12-7-8-21(10-13(2)9-12)18(23)19-14-5-4-6-15-17(14)20(3)16(22)11-24-15/h4-6,12-13H,7-11H2,1-3H3,(H,19,23)/t12-,13-/m1/s1. The number of likely N-dealkylation sites (tertiary alicyclic amines) is 1. The topological polar surface area (TPSA) is 61.9 Å². The second-order valence-corrected chi connectivity index (χ2v) is 7.00. The van der Waals surface area contributed by atoms with E-state index in [2.05, 4.69) is 19.2 Å². The van der Waals surface area contributed by atoms with E-state index in [1.54, 1.807) is 18.0 Å². The van der Waals surface area contributed by atoms with E-state index in [4.69, 9.17) is 4.74 Å². The zero-order chi connectivity index (χ0) is 17.3. The number of amides is 3. The molecule has 0 aromatic heterocycles. The van der Waals surface area contributed by atoms with E-state index in [1.807, 2.05) is 17.0 Å². The summed E-state index contributed by atoms with van der Waals surface area (Å²) in [6, 6.07) is 5.32. The monoisotopic (exact) mass is 331 g/mol. The minimum Gasteiger partial charge on any atom is -0.481 e. The molecule has 0 spiro atoms. The van der Waals surface area contributed by atoms with Gasteiger partial charge in [0.25, 0.3) is 5.91 Å². The average Bonchev–Trinajstić information content (AvgIpc) is 2.71. The first-order chi connectivity index (χ1) is 11.5. The molecule has 2 atom stereocenters. The summed E-state index contributed by atoms with van der Waals surface area (Å²) in [5.41, 5.74) is 1.23. The number of nitrogens with zero attached hydrogens (tertiary/aromatic N) is 2. The molecule has 1 N–H and O–H groups in total. The van der Waals surface area contributed by atoms with Crippen LogP contribution in [0.25, 0.3) is 0 Å². The molecule has 0 aliphatic carbocycles. The molecule has 3 amide bonds. The third-order valence-electron chi connectivity index (χ3n) is 4.82. The number of benzene rings is 1. The Morgan fingerprint density at radius 1 is 1.29 bits per heavy atom. The maximum absolute atomic E-state index is 12.7. The lowest BCUT2D eigenvalue weighted by Crippen LogP contribution is -2.39. The maximum Gasteiger partial charge on any atom is 0.321 e. The zero-order valence-corrected chi connectivity index (χ0v) is 14.5. The molecule has 24 heavy (non-hydrogen) atoms. The Kier molecular flexibility index (Phi) is 4.64. The Hall–Kier alpha value is -2.24. The number of fused-ring (bicyclic) bond motifs is 1. The fourth-order valence-electron chi connectivity index (χ4n) is 3.55. The Morgan fingerprint density at radius 2 is 2.08 bits per heavy atom. The third-order valence-corrected chi connectivity index (χ3v) is 4.82. The first-order valence-electron chi connectivity index (χ1n) is 8.54. The van der Waals surface area contributed by atoms with E-state index in [1.165, 1.54) is 0 Å². The molecule has 0 unspecified atom stereocenters. The van der Waals surface area contributed by atoms with E-state index < -0.39 is 0 Å². The lowest BCUT2D eigenvalue weighted by molar-refractivity contribution is -0.120. The van der Waals surface area contributed by atoms with Crippen molar-refractivity contribution < 1.29 is 14.3 Å². The molecule has 2 aliphatic heterocycles. The molecule has 3 rings (SSSR count). The predicted octanol–water partition coefficient (Wildman–Crippen LogP) is 2.94. The van der Waals surface area contributed by atoms with Gasteiger partial charge in [0.15, 0.2) is 6.61 Å². The molecule has 2 aliphatic rings. The Balaban J connectivity index is 1.79. The van der Waals surface area contributed by atoms with Crippen LogP contribution in [-0.4, -0.2) is 43.6 Å². The molecule has 0 radical (unpaired) electrons. The largest absolute Gasteiger partial charge is 0.481 e.